The van der Waals surface area contributed by atoms with E-state index >= 15 is 0 Å². The summed E-state index contributed by atoms with van der Waals surface area (Å²) in [6, 6.07) is 8.99. The Hall–Kier alpha value is -1.16. The van der Waals surface area contributed by atoms with E-state index in [1.807, 2.05) is 11.6 Å². The molecule has 1 aliphatic carbocycles. The second-order valence-electron chi connectivity index (χ2n) is 7.62. The number of nitrogens with one attached hydrogen (secondary N) is 2. The van der Waals surface area contributed by atoms with Gasteiger partial charge in [0.15, 0.2) is 5.96 Å². The summed E-state index contributed by atoms with van der Waals surface area (Å²) in [6.45, 7) is 6.58. The van der Waals surface area contributed by atoms with Crippen molar-refractivity contribution in [1.29, 1.82) is 0 Å². The largest absolute Gasteiger partial charge is 0.357 e. The fourth-order valence-corrected chi connectivity index (χ4v) is 4.20. The maximum absolute atomic E-state index is 4.94. The molecule has 0 bridgehead atoms. The van der Waals surface area contributed by atoms with E-state index in [0.29, 0.717) is 6.04 Å². The number of hydrogen-bond acceptors (Lipinski definition) is 3. The maximum atomic E-state index is 4.94. The van der Waals surface area contributed by atoms with E-state index in [1.165, 1.54) is 18.4 Å². The van der Waals surface area contributed by atoms with Gasteiger partial charge in [-0.1, -0.05) is 28.1 Å². The van der Waals surface area contributed by atoms with Gasteiger partial charge in [-0.2, -0.15) is 5.10 Å². The zero-order chi connectivity index (χ0) is 18.9. The van der Waals surface area contributed by atoms with Gasteiger partial charge in [-0.3, -0.25) is 4.99 Å². The Morgan fingerprint density at radius 2 is 2.21 bits per heavy atom. The molecule has 8 heteroatoms. The van der Waals surface area contributed by atoms with Crippen LogP contribution < -0.4 is 10.6 Å². The number of rotatable bonds is 5. The molecule has 28 heavy (non-hydrogen) atoms. The lowest BCUT2D eigenvalue weighted by molar-refractivity contribution is 0.392. The topological polar surface area (TPSA) is 67.1 Å². The van der Waals surface area contributed by atoms with E-state index in [1.54, 1.807) is 0 Å². The highest BCUT2D eigenvalue weighted by molar-refractivity contribution is 14.0. The molecule has 2 aromatic rings. The van der Waals surface area contributed by atoms with Gasteiger partial charge in [0.2, 0.25) is 0 Å². The van der Waals surface area contributed by atoms with E-state index in [-0.39, 0.29) is 29.4 Å². The summed E-state index contributed by atoms with van der Waals surface area (Å²) >= 11 is 3.59. The minimum absolute atomic E-state index is 0. The van der Waals surface area contributed by atoms with Crippen molar-refractivity contribution >= 4 is 45.9 Å². The number of nitrogens with zero attached hydrogens (tertiary/aromatic N) is 4. The van der Waals surface area contributed by atoms with Gasteiger partial charge in [0.05, 0.1) is 13.1 Å². The molecule has 0 spiro atoms. The van der Waals surface area contributed by atoms with Crippen LogP contribution in [0.4, 0.5) is 0 Å². The van der Waals surface area contributed by atoms with E-state index in [4.69, 9.17) is 4.99 Å². The third-order valence-corrected chi connectivity index (χ3v) is 5.97. The first-order chi connectivity index (χ1) is 13.1. The Morgan fingerprint density at radius 3 is 2.93 bits per heavy atom. The highest BCUT2D eigenvalue weighted by Gasteiger charge is 2.44. The second-order valence-corrected chi connectivity index (χ2v) is 8.54. The van der Waals surface area contributed by atoms with Gasteiger partial charge in [0, 0.05) is 28.9 Å². The number of aliphatic imine (C=N–C) groups is 1. The van der Waals surface area contributed by atoms with Crippen LogP contribution >= 0.6 is 39.9 Å². The van der Waals surface area contributed by atoms with Crippen molar-refractivity contribution < 1.29 is 0 Å². The van der Waals surface area contributed by atoms with Crippen molar-refractivity contribution in [2.45, 2.75) is 57.5 Å². The molecule has 4 rings (SSSR count). The van der Waals surface area contributed by atoms with Crippen molar-refractivity contribution in [2.24, 2.45) is 4.99 Å². The molecule has 152 valence electrons. The predicted molar refractivity (Wildman–Crippen MR) is 126 cm³/mol. The average Bonchev–Trinajstić information content (AvgIpc) is 3.35. The van der Waals surface area contributed by atoms with Crippen LogP contribution in [0.15, 0.2) is 33.7 Å². The minimum atomic E-state index is 0. The second kappa shape index (κ2) is 9.11. The SMILES string of the molecule is CCNC(=NCC1(c2cccc(Br)c2)CC1)NC1CCc2nc(C)nn2C1.I. The predicted octanol–water partition coefficient (Wildman–Crippen LogP) is 3.57. The number of benzene rings is 1. The Kier molecular flexibility index (Phi) is 7.01. The molecule has 1 atom stereocenters. The van der Waals surface area contributed by atoms with Crippen molar-refractivity contribution in [3.05, 3.63) is 46.0 Å². The third-order valence-electron chi connectivity index (χ3n) is 5.48. The van der Waals surface area contributed by atoms with Gasteiger partial charge >= 0.3 is 0 Å². The van der Waals surface area contributed by atoms with Crippen LogP contribution in [0.25, 0.3) is 0 Å². The lowest BCUT2D eigenvalue weighted by atomic mass is 9.96. The summed E-state index contributed by atoms with van der Waals surface area (Å²) < 4.78 is 3.17. The molecule has 0 radical (unpaired) electrons. The standard InChI is InChI=1S/C20H27BrN6.HI/c1-3-22-19(25-17-7-8-18-24-14(2)26-27(18)12-17)23-13-20(9-10-20)15-5-4-6-16(21)11-15;/h4-6,11,17H,3,7-10,12-13H2,1-2H3,(H2,22,23,25);1H. The van der Waals surface area contributed by atoms with E-state index in [2.05, 4.69) is 67.8 Å². The van der Waals surface area contributed by atoms with Gasteiger partial charge in [-0.15, -0.1) is 24.0 Å². The summed E-state index contributed by atoms with van der Waals surface area (Å²) in [7, 11) is 0. The van der Waals surface area contributed by atoms with Crippen LogP contribution in [0, 0.1) is 6.92 Å². The fraction of sp³-hybridized carbons (Fsp3) is 0.550. The molecule has 1 fully saturated rings. The smallest absolute Gasteiger partial charge is 0.191 e. The summed E-state index contributed by atoms with van der Waals surface area (Å²) in [5.74, 6) is 2.86. The fourth-order valence-electron chi connectivity index (χ4n) is 3.80. The van der Waals surface area contributed by atoms with Crippen molar-refractivity contribution in [2.75, 3.05) is 13.1 Å². The molecular weight excluding hydrogens is 531 g/mol. The van der Waals surface area contributed by atoms with Gasteiger partial charge < -0.3 is 10.6 Å². The zero-order valence-corrected chi connectivity index (χ0v) is 20.3. The maximum Gasteiger partial charge on any atom is 0.191 e. The zero-order valence-electron chi connectivity index (χ0n) is 16.4. The summed E-state index contributed by atoms with van der Waals surface area (Å²) in [4.78, 5) is 9.44. The van der Waals surface area contributed by atoms with E-state index < -0.39 is 0 Å². The third kappa shape index (κ3) is 4.87. The Balaban J connectivity index is 0.00000225. The van der Waals surface area contributed by atoms with Crippen molar-refractivity contribution in [1.82, 2.24) is 25.4 Å². The van der Waals surface area contributed by atoms with Gasteiger partial charge in [-0.25, -0.2) is 9.67 Å². The molecule has 1 saturated carbocycles. The molecule has 0 amide bonds. The number of aryl methyl sites for hydroxylation is 2. The molecule has 6 nitrogen and oxygen atoms in total. The van der Waals surface area contributed by atoms with Crippen LogP contribution in [0.2, 0.25) is 0 Å². The molecule has 1 aliphatic heterocycles. The Morgan fingerprint density at radius 1 is 1.39 bits per heavy atom. The highest BCUT2D eigenvalue weighted by atomic mass is 127. The average molecular weight is 559 g/mol. The molecule has 2 heterocycles. The summed E-state index contributed by atoms with van der Waals surface area (Å²) in [5, 5.41) is 11.5. The number of hydrogen-bond donors (Lipinski definition) is 2. The first-order valence-electron chi connectivity index (χ1n) is 9.79. The highest BCUT2D eigenvalue weighted by Crippen LogP contribution is 2.48. The van der Waals surface area contributed by atoms with Crippen LogP contribution in [0.1, 0.15) is 43.4 Å². The van der Waals surface area contributed by atoms with Gasteiger partial charge in [0.25, 0.3) is 0 Å². The molecule has 1 aromatic heterocycles. The number of guanidine groups is 1. The monoisotopic (exact) mass is 558 g/mol. The lowest BCUT2D eigenvalue weighted by Crippen LogP contribution is -2.47. The Bertz CT molecular complexity index is 845. The first kappa shape index (κ1) is 21.5. The first-order valence-corrected chi connectivity index (χ1v) is 10.6. The quantitative estimate of drug-likeness (QED) is 0.334. The number of aromatic nitrogens is 3. The number of fused-ring (bicyclic) bond motifs is 1. The van der Waals surface area contributed by atoms with E-state index in [0.717, 1.165) is 54.6 Å². The van der Waals surface area contributed by atoms with Crippen LogP contribution in [-0.2, 0) is 18.4 Å². The molecule has 0 saturated heterocycles. The summed E-state index contributed by atoms with van der Waals surface area (Å²) in [5.41, 5.74) is 1.59. The van der Waals surface area contributed by atoms with Crippen molar-refractivity contribution in [3.8, 4) is 0 Å². The van der Waals surface area contributed by atoms with Gasteiger partial charge in [0.1, 0.15) is 11.6 Å². The molecule has 2 N–H and O–H groups in total. The Labute approximate surface area is 192 Å². The van der Waals surface area contributed by atoms with E-state index in [9.17, 15) is 0 Å². The molecule has 2 aliphatic rings. The number of halogens is 2. The minimum Gasteiger partial charge on any atom is -0.357 e. The van der Waals surface area contributed by atoms with Crippen LogP contribution in [0.3, 0.4) is 0 Å². The molecular formula is C20H28BrIN6. The summed E-state index contributed by atoms with van der Waals surface area (Å²) in [6.07, 6.45) is 4.42. The van der Waals surface area contributed by atoms with Gasteiger partial charge in [-0.05, 0) is 50.8 Å². The van der Waals surface area contributed by atoms with Crippen LogP contribution in [0.5, 0.6) is 0 Å². The molecule has 1 unspecified atom stereocenters. The van der Waals surface area contributed by atoms with Crippen molar-refractivity contribution in [3.63, 3.8) is 0 Å². The normalized spacial score (nSPS) is 20.1. The molecule has 1 aromatic carbocycles. The lowest BCUT2D eigenvalue weighted by Gasteiger charge is -2.25. The van der Waals surface area contributed by atoms with Crippen LogP contribution in [-0.4, -0.2) is 39.9 Å².